The summed E-state index contributed by atoms with van der Waals surface area (Å²) in [7, 11) is 0. The molecule has 70 valence electrons. The van der Waals surface area contributed by atoms with Gasteiger partial charge in [0.1, 0.15) is 0 Å². The number of hydrogen-bond acceptors (Lipinski definition) is 2. The number of alkyl halides is 2. The summed E-state index contributed by atoms with van der Waals surface area (Å²) in [6, 6.07) is 5.16. The highest BCUT2D eigenvalue weighted by Gasteiger charge is 2.00. The highest BCUT2D eigenvalue weighted by Crippen LogP contribution is 2.15. The summed E-state index contributed by atoms with van der Waals surface area (Å²) in [5.74, 6) is -1.13. The summed E-state index contributed by atoms with van der Waals surface area (Å²) in [5, 5.41) is 11.9. The topological polar surface area (TPSA) is 40.1 Å². The molecule has 1 aromatic carbocycles. The smallest absolute Gasteiger partial charge is 0.0715 e. The Bertz CT molecular complexity index is 301. The average molecular weight is 307 g/mol. The van der Waals surface area contributed by atoms with Crippen LogP contribution in [0.25, 0.3) is 0 Å². The molecular weight excluding hydrogens is 300 g/mol. The maximum absolute atomic E-state index is 10.6. The van der Waals surface area contributed by atoms with Gasteiger partial charge in [-0.1, -0.05) is 37.9 Å². The second-order valence-corrected chi connectivity index (χ2v) is 3.71. The van der Waals surface area contributed by atoms with E-state index in [2.05, 4.69) is 31.9 Å². The quantitative estimate of drug-likeness (QED) is 0.800. The van der Waals surface area contributed by atoms with Crippen molar-refractivity contribution in [2.24, 2.45) is 0 Å². The zero-order valence-electron chi connectivity index (χ0n) is 6.72. The highest BCUT2D eigenvalue weighted by molar-refractivity contribution is 9.08. The molecule has 0 saturated heterocycles. The fraction of sp³-hybridized carbons (Fsp3) is 0.222. The normalized spacial score (nSPS) is 10.0. The molecule has 0 aromatic heterocycles. The molecule has 0 N–H and O–H groups in total. The van der Waals surface area contributed by atoms with E-state index in [-0.39, 0.29) is 5.56 Å². The van der Waals surface area contributed by atoms with E-state index in [0.29, 0.717) is 10.7 Å². The number of rotatable bonds is 3. The Kier molecular flexibility index (Phi) is 3.93. The van der Waals surface area contributed by atoms with Crippen LogP contribution in [0.2, 0.25) is 0 Å². The summed E-state index contributed by atoms with van der Waals surface area (Å²) in [4.78, 5) is 10.6. The third-order valence-corrected chi connectivity index (χ3v) is 2.89. The molecule has 0 heterocycles. The summed E-state index contributed by atoms with van der Waals surface area (Å²) in [6.07, 6.45) is 0. The fourth-order valence-electron chi connectivity index (χ4n) is 1.03. The van der Waals surface area contributed by atoms with Crippen LogP contribution < -0.4 is 5.11 Å². The molecular formula is C9H7Br2O2-. The Hall–Kier alpha value is -0.350. The Morgan fingerprint density at radius 3 is 1.92 bits per heavy atom. The van der Waals surface area contributed by atoms with Crippen molar-refractivity contribution in [2.45, 2.75) is 10.7 Å². The molecule has 1 aromatic rings. The largest absolute Gasteiger partial charge is 0.545 e. The molecule has 0 unspecified atom stereocenters. The van der Waals surface area contributed by atoms with Gasteiger partial charge in [0.2, 0.25) is 0 Å². The Morgan fingerprint density at radius 1 is 1.15 bits per heavy atom. The molecule has 2 nitrogen and oxygen atoms in total. The van der Waals surface area contributed by atoms with E-state index >= 15 is 0 Å². The van der Waals surface area contributed by atoms with Gasteiger partial charge in [0, 0.05) is 10.7 Å². The van der Waals surface area contributed by atoms with Gasteiger partial charge in [-0.2, -0.15) is 0 Å². The van der Waals surface area contributed by atoms with Crippen LogP contribution in [0, 0.1) is 0 Å². The minimum atomic E-state index is -1.13. The van der Waals surface area contributed by atoms with Gasteiger partial charge in [0.15, 0.2) is 0 Å². The molecule has 0 amide bonds. The lowest BCUT2D eigenvalue weighted by atomic mass is 10.1. The summed E-state index contributed by atoms with van der Waals surface area (Å²) in [5.41, 5.74) is 2.11. The lowest BCUT2D eigenvalue weighted by Crippen LogP contribution is -2.22. The number of carbonyl (C=O) groups is 1. The number of hydrogen-bond donors (Lipinski definition) is 0. The molecule has 0 fully saturated rings. The van der Waals surface area contributed by atoms with Gasteiger partial charge in [-0.25, -0.2) is 0 Å². The van der Waals surface area contributed by atoms with E-state index in [1.165, 1.54) is 0 Å². The van der Waals surface area contributed by atoms with Crippen molar-refractivity contribution in [2.75, 3.05) is 0 Å². The van der Waals surface area contributed by atoms with E-state index in [1.54, 1.807) is 12.1 Å². The number of benzene rings is 1. The van der Waals surface area contributed by atoms with Crippen molar-refractivity contribution in [3.8, 4) is 0 Å². The van der Waals surface area contributed by atoms with Crippen molar-refractivity contribution in [1.29, 1.82) is 0 Å². The van der Waals surface area contributed by atoms with Crippen molar-refractivity contribution in [1.82, 2.24) is 0 Å². The first kappa shape index (κ1) is 10.7. The van der Waals surface area contributed by atoms with Crippen LogP contribution in [-0.4, -0.2) is 5.97 Å². The van der Waals surface area contributed by atoms with Gasteiger partial charge >= 0.3 is 0 Å². The number of carboxylic acid groups (broad SMARTS) is 1. The third-order valence-electron chi connectivity index (χ3n) is 1.60. The second kappa shape index (κ2) is 4.77. The van der Waals surface area contributed by atoms with Crippen molar-refractivity contribution in [3.05, 3.63) is 34.9 Å². The van der Waals surface area contributed by atoms with E-state index in [1.807, 2.05) is 6.07 Å². The van der Waals surface area contributed by atoms with Crippen LogP contribution in [0.1, 0.15) is 21.5 Å². The number of halogens is 2. The van der Waals surface area contributed by atoms with Crippen LogP contribution in [0.15, 0.2) is 18.2 Å². The Labute approximate surface area is 93.2 Å². The highest BCUT2D eigenvalue weighted by atomic mass is 79.9. The molecule has 0 aliphatic carbocycles. The molecule has 0 bridgehead atoms. The Morgan fingerprint density at radius 2 is 1.62 bits per heavy atom. The molecule has 0 aliphatic rings. The van der Waals surface area contributed by atoms with Gasteiger partial charge in [-0.3, -0.25) is 0 Å². The standard InChI is InChI=1S/C9H8Br2O2/c10-4-6-1-7(5-11)3-8(2-6)9(12)13/h1-3H,4-5H2,(H,12,13)/p-1. The molecule has 0 atom stereocenters. The van der Waals surface area contributed by atoms with Crippen LogP contribution in [0.3, 0.4) is 0 Å². The van der Waals surface area contributed by atoms with E-state index < -0.39 is 5.97 Å². The predicted octanol–water partition coefficient (Wildman–Crippen LogP) is 1.84. The molecule has 0 spiro atoms. The second-order valence-electron chi connectivity index (χ2n) is 2.59. The van der Waals surface area contributed by atoms with E-state index in [9.17, 15) is 9.90 Å². The Balaban J connectivity index is 3.14. The number of carbonyl (C=O) groups excluding carboxylic acids is 1. The monoisotopic (exact) mass is 305 g/mol. The van der Waals surface area contributed by atoms with Gasteiger partial charge in [0.25, 0.3) is 0 Å². The first-order valence-electron chi connectivity index (χ1n) is 3.63. The van der Waals surface area contributed by atoms with Crippen LogP contribution in [0.4, 0.5) is 0 Å². The van der Waals surface area contributed by atoms with Gasteiger partial charge in [-0.15, -0.1) is 0 Å². The number of carboxylic acids is 1. The summed E-state index contributed by atoms with van der Waals surface area (Å²) in [6.45, 7) is 0. The van der Waals surface area contributed by atoms with Gasteiger partial charge in [0.05, 0.1) is 5.97 Å². The van der Waals surface area contributed by atoms with Crippen molar-refractivity contribution >= 4 is 37.8 Å². The van der Waals surface area contributed by atoms with E-state index in [4.69, 9.17) is 0 Å². The van der Waals surface area contributed by atoms with Crippen LogP contribution >= 0.6 is 31.9 Å². The average Bonchev–Trinajstić information content (AvgIpc) is 2.16. The third kappa shape index (κ3) is 2.81. The zero-order valence-corrected chi connectivity index (χ0v) is 9.89. The first-order valence-corrected chi connectivity index (χ1v) is 5.87. The summed E-state index contributed by atoms with van der Waals surface area (Å²) >= 11 is 6.55. The first-order chi connectivity index (χ1) is 6.17. The lowest BCUT2D eigenvalue weighted by molar-refractivity contribution is -0.255. The van der Waals surface area contributed by atoms with E-state index in [0.717, 1.165) is 11.1 Å². The molecule has 13 heavy (non-hydrogen) atoms. The predicted molar refractivity (Wildman–Crippen MR) is 56.0 cm³/mol. The number of aromatic carboxylic acids is 1. The van der Waals surface area contributed by atoms with Crippen molar-refractivity contribution < 1.29 is 9.90 Å². The molecule has 0 aliphatic heterocycles. The van der Waals surface area contributed by atoms with Crippen LogP contribution in [0.5, 0.6) is 0 Å². The molecule has 1 rings (SSSR count). The maximum Gasteiger partial charge on any atom is 0.0715 e. The lowest BCUT2D eigenvalue weighted by Gasteiger charge is -2.07. The SMILES string of the molecule is O=C([O-])c1cc(CBr)cc(CBr)c1. The van der Waals surface area contributed by atoms with Gasteiger partial charge in [-0.05, 0) is 28.8 Å². The molecule has 0 radical (unpaired) electrons. The maximum atomic E-state index is 10.6. The summed E-state index contributed by atoms with van der Waals surface area (Å²) < 4.78 is 0. The van der Waals surface area contributed by atoms with Gasteiger partial charge < -0.3 is 9.90 Å². The zero-order chi connectivity index (χ0) is 9.84. The minimum Gasteiger partial charge on any atom is -0.545 e. The molecule has 0 saturated carbocycles. The minimum absolute atomic E-state index is 0.228. The fourth-order valence-corrected chi connectivity index (χ4v) is 1.68. The van der Waals surface area contributed by atoms with Crippen molar-refractivity contribution in [3.63, 3.8) is 0 Å². The van der Waals surface area contributed by atoms with Crippen LogP contribution in [-0.2, 0) is 10.7 Å². The molecule has 4 heteroatoms.